The quantitative estimate of drug-likeness (QED) is 0.442. The third kappa shape index (κ3) is 4.11. The minimum absolute atomic E-state index is 0.0180. The van der Waals surface area contributed by atoms with E-state index in [1.807, 2.05) is 0 Å². The van der Waals surface area contributed by atoms with E-state index in [1.54, 1.807) is 0 Å². The summed E-state index contributed by atoms with van der Waals surface area (Å²) < 4.78 is 40.3. The molecular weight excluding hydrogens is 382 g/mol. The zero-order valence-electron chi connectivity index (χ0n) is 14.2. The van der Waals surface area contributed by atoms with Crippen molar-refractivity contribution in [3.05, 3.63) is 62.9 Å². The molecule has 0 fully saturated rings. The third-order valence-electron chi connectivity index (χ3n) is 3.59. The molecule has 0 saturated heterocycles. The summed E-state index contributed by atoms with van der Waals surface area (Å²) in [4.78, 5) is 26.1. The first-order chi connectivity index (χ1) is 13.4. The van der Waals surface area contributed by atoms with Crippen molar-refractivity contribution in [1.29, 1.82) is 0 Å². The summed E-state index contributed by atoms with van der Waals surface area (Å²) in [6.45, 7) is -3.19. The lowest BCUT2D eigenvalue weighted by atomic mass is 10.2. The molecule has 146 valence electrons. The standard InChI is InChI=1S/C16H12F2N4O6/c1-26-12-6-9(2-4-11(12)27-16(17)18)15-19-13(28-20-15)8-21-7-10(22(24)25)3-5-14(21)23/h2-7,16H,8H2,1H3. The summed E-state index contributed by atoms with van der Waals surface area (Å²) in [7, 11) is 1.29. The Bertz CT molecular complexity index is 1070. The Balaban J connectivity index is 1.86. The van der Waals surface area contributed by atoms with E-state index in [-0.39, 0.29) is 35.4 Å². The molecular formula is C16H12F2N4O6. The molecule has 2 heterocycles. The molecule has 12 heteroatoms. The van der Waals surface area contributed by atoms with Crippen molar-refractivity contribution in [1.82, 2.24) is 14.7 Å². The van der Waals surface area contributed by atoms with Crippen LogP contribution in [-0.2, 0) is 6.54 Å². The van der Waals surface area contributed by atoms with Crippen molar-refractivity contribution in [3.63, 3.8) is 0 Å². The van der Waals surface area contributed by atoms with Crippen LogP contribution in [0.15, 0.2) is 45.8 Å². The number of hydrogen-bond donors (Lipinski definition) is 0. The highest BCUT2D eigenvalue weighted by molar-refractivity contribution is 5.60. The summed E-state index contributed by atoms with van der Waals surface area (Å²) in [6, 6.07) is 6.22. The summed E-state index contributed by atoms with van der Waals surface area (Å²) in [5, 5.41) is 14.6. The molecule has 2 aromatic heterocycles. The van der Waals surface area contributed by atoms with E-state index in [2.05, 4.69) is 14.9 Å². The highest BCUT2D eigenvalue weighted by Gasteiger charge is 2.16. The van der Waals surface area contributed by atoms with Gasteiger partial charge in [0.1, 0.15) is 6.54 Å². The number of pyridine rings is 1. The van der Waals surface area contributed by atoms with Crippen molar-refractivity contribution in [3.8, 4) is 22.9 Å². The number of nitrogens with zero attached hydrogens (tertiary/aromatic N) is 4. The minimum Gasteiger partial charge on any atom is -0.493 e. The number of halogens is 2. The molecule has 0 spiro atoms. The van der Waals surface area contributed by atoms with E-state index in [0.717, 1.165) is 22.9 Å². The van der Waals surface area contributed by atoms with Crippen LogP contribution in [0, 0.1) is 10.1 Å². The fourth-order valence-electron chi connectivity index (χ4n) is 2.33. The number of methoxy groups -OCH3 is 1. The maximum atomic E-state index is 12.4. The van der Waals surface area contributed by atoms with Gasteiger partial charge in [0.05, 0.1) is 18.2 Å². The van der Waals surface area contributed by atoms with Gasteiger partial charge in [-0.25, -0.2) is 0 Å². The Hall–Kier alpha value is -3.83. The van der Waals surface area contributed by atoms with Gasteiger partial charge in [-0.1, -0.05) is 5.16 Å². The van der Waals surface area contributed by atoms with E-state index in [9.17, 15) is 23.7 Å². The maximum Gasteiger partial charge on any atom is 0.387 e. The van der Waals surface area contributed by atoms with Crippen LogP contribution in [0.3, 0.4) is 0 Å². The predicted molar refractivity (Wildman–Crippen MR) is 89.4 cm³/mol. The first kappa shape index (κ1) is 18.9. The molecule has 3 rings (SSSR count). The monoisotopic (exact) mass is 394 g/mol. The average molecular weight is 394 g/mol. The topological polar surface area (TPSA) is 123 Å². The fourth-order valence-corrected chi connectivity index (χ4v) is 2.33. The number of ether oxygens (including phenoxy) is 2. The van der Waals surface area contributed by atoms with Gasteiger partial charge in [0.15, 0.2) is 11.5 Å². The van der Waals surface area contributed by atoms with Crippen molar-refractivity contribution < 1.29 is 27.7 Å². The van der Waals surface area contributed by atoms with Crippen molar-refractivity contribution in [2.75, 3.05) is 7.11 Å². The van der Waals surface area contributed by atoms with E-state index in [1.165, 1.54) is 25.3 Å². The van der Waals surface area contributed by atoms with Gasteiger partial charge in [-0.3, -0.25) is 19.5 Å². The average Bonchev–Trinajstić information content (AvgIpc) is 3.11. The number of alkyl halides is 2. The van der Waals surface area contributed by atoms with Crippen molar-refractivity contribution >= 4 is 5.69 Å². The highest BCUT2D eigenvalue weighted by atomic mass is 19.3. The van der Waals surface area contributed by atoms with Gasteiger partial charge < -0.3 is 14.0 Å². The highest BCUT2D eigenvalue weighted by Crippen LogP contribution is 2.32. The zero-order chi connectivity index (χ0) is 20.3. The molecule has 0 saturated carbocycles. The lowest BCUT2D eigenvalue weighted by Gasteiger charge is -2.10. The van der Waals surface area contributed by atoms with Gasteiger partial charge >= 0.3 is 6.61 Å². The van der Waals surface area contributed by atoms with Crippen LogP contribution in [0.25, 0.3) is 11.4 Å². The molecule has 10 nitrogen and oxygen atoms in total. The second-order valence-corrected chi connectivity index (χ2v) is 5.37. The van der Waals surface area contributed by atoms with E-state index in [0.29, 0.717) is 5.56 Å². The molecule has 1 aromatic carbocycles. The minimum atomic E-state index is -3.01. The van der Waals surface area contributed by atoms with Gasteiger partial charge in [-0.15, -0.1) is 0 Å². The number of benzene rings is 1. The predicted octanol–water partition coefficient (Wildman–Crippen LogP) is 2.46. The lowest BCUT2D eigenvalue weighted by Crippen LogP contribution is -2.19. The van der Waals surface area contributed by atoms with E-state index >= 15 is 0 Å². The van der Waals surface area contributed by atoms with Crippen LogP contribution in [0.4, 0.5) is 14.5 Å². The number of hydrogen-bond acceptors (Lipinski definition) is 8. The van der Waals surface area contributed by atoms with Crippen molar-refractivity contribution in [2.45, 2.75) is 13.2 Å². The molecule has 0 unspecified atom stereocenters. The summed E-state index contributed by atoms with van der Waals surface area (Å²) in [6.07, 6.45) is 1.06. The van der Waals surface area contributed by atoms with E-state index in [4.69, 9.17) is 9.26 Å². The summed E-state index contributed by atoms with van der Waals surface area (Å²) >= 11 is 0. The van der Waals surface area contributed by atoms with Crippen LogP contribution in [0.5, 0.6) is 11.5 Å². The Morgan fingerprint density at radius 1 is 1.29 bits per heavy atom. The molecule has 0 bridgehead atoms. The molecule has 3 aromatic rings. The molecule has 0 amide bonds. The normalized spacial score (nSPS) is 10.9. The Morgan fingerprint density at radius 3 is 2.75 bits per heavy atom. The van der Waals surface area contributed by atoms with Gasteiger partial charge in [0.25, 0.3) is 11.2 Å². The molecule has 0 N–H and O–H groups in total. The second kappa shape index (κ2) is 7.82. The van der Waals surface area contributed by atoms with Crippen LogP contribution >= 0.6 is 0 Å². The van der Waals surface area contributed by atoms with Crippen LogP contribution < -0.4 is 15.0 Å². The molecule has 28 heavy (non-hydrogen) atoms. The molecule has 0 aliphatic heterocycles. The Morgan fingerprint density at radius 2 is 2.07 bits per heavy atom. The van der Waals surface area contributed by atoms with Gasteiger partial charge in [-0.05, 0) is 18.2 Å². The Kier molecular flexibility index (Phi) is 5.29. The van der Waals surface area contributed by atoms with Gasteiger partial charge in [0.2, 0.25) is 11.7 Å². The second-order valence-electron chi connectivity index (χ2n) is 5.37. The SMILES string of the molecule is COc1cc(-c2noc(Cn3cc([N+](=O)[O-])ccc3=O)n2)ccc1OC(F)F. The zero-order valence-corrected chi connectivity index (χ0v) is 14.2. The fraction of sp³-hybridized carbons (Fsp3) is 0.188. The third-order valence-corrected chi connectivity index (χ3v) is 3.59. The summed E-state index contributed by atoms with van der Waals surface area (Å²) in [5.74, 6) is 0.00650. The van der Waals surface area contributed by atoms with E-state index < -0.39 is 17.1 Å². The van der Waals surface area contributed by atoms with Crippen LogP contribution in [0.1, 0.15) is 5.89 Å². The van der Waals surface area contributed by atoms with Gasteiger partial charge in [0, 0.05) is 17.7 Å². The van der Waals surface area contributed by atoms with Crippen molar-refractivity contribution in [2.24, 2.45) is 0 Å². The molecule has 0 atom stereocenters. The molecule has 0 aliphatic carbocycles. The number of aromatic nitrogens is 3. The Labute approximate surface area is 155 Å². The van der Waals surface area contributed by atoms with Crippen LogP contribution in [0.2, 0.25) is 0 Å². The van der Waals surface area contributed by atoms with Gasteiger partial charge in [-0.2, -0.15) is 13.8 Å². The largest absolute Gasteiger partial charge is 0.493 e. The first-order valence-corrected chi connectivity index (χ1v) is 7.68. The van der Waals surface area contributed by atoms with Crippen LogP contribution in [-0.4, -0.2) is 33.4 Å². The molecule has 0 aliphatic rings. The first-order valence-electron chi connectivity index (χ1n) is 7.68. The lowest BCUT2D eigenvalue weighted by molar-refractivity contribution is -0.385. The summed E-state index contributed by atoms with van der Waals surface area (Å²) in [5.41, 5.74) is -0.362. The smallest absolute Gasteiger partial charge is 0.387 e. The molecule has 0 radical (unpaired) electrons. The number of nitro groups is 1. The maximum absolute atomic E-state index is 12.4. The number of rotatable bonds is 7.